The Kier molecular flexibility index (Phi) is 6.10. The van der Waals surface area contributed by atoms with Crippen LogP contribution in [0.3, 0.4) is 0 Å². The van der Waals surface area contributed by atoms with Gasteiger partial charge in [0.1, 0.15) is 0 Å². The second-order valence-electron chi connectivity index (χ2n) is 5.86. The predicted molar refractivity (Wildman–Crippen MR) is 113 cm³/mol. The molecule has 0 radical (unpaired) electrons. The summed E-state index contributed by atoms with van der Waals surface area (Å²) in [5, 5.41) is 15.1. The Labute approximate surface area is 172 Å². The molecule has 0 saturated carbocycles. The van der Waals surface area contributed by atoms with Gasteiger partial charge in [-0.1, -0.05) is 11.6 Å². The number of hydrogen-bond donors (Lipinski definition) is 2. The number of hydrogen-bond acceptors (Lipinski definition) is 6. The molecule has 29 heavy (non-hydrogen) atoms. The molecule has 0 fully saturated rings. The fourth-order valence-corrected chi connectivity index (χ4v) is 3.49. The Bertz CT molecular complexity index is 1130. The van der Waals surface area contributed by atoms with Crippen LogP contribution in [0.1, 0.15) is 5.56 Å². The topological polar surface area (TPSA) is 114 Å². The molecule has 0 atom stereocenters. The van der Waals surface area contributed by atoms with E-state index in [1.807, 2.05) is 0 Å². The molecule has 0 unspecified atom stereocenters. The van der Waals surface area contributed by atoms with Gasteiger partial charge in [0.25, 0.3) is 15.7 Å². The van der Waals surface area contributed by atoms with Gasteiger partial charge in [0.05, 0.1) is 21.7 Å². The summed E-state index contributed by atoms with van der Waals surface area (Å²) in [6.07, 6.45) is 1.51. The van der Waals surface area contributed by atoms with Gasteiger partial charge >= 0.3 is 0 Å². The zero-order valence-electron chi connectivity index (χ0n) is 14.8. The number of halogens is 1. The van der Waals surface area contributed by atoms with Crippen molar-refractivity contribution < 1.29 is 13.3 Å². The van der Waals surface area contributed by atoms with Crippen molar-refractivity contribution in [2.75, 3.05) is 10.1 Å². The van der Waals surface area contributed by atoms with Gasteiger partial charge in [0.15, 0.2) is 0 Å². The van der Waals surface area contributed by atoms with Crippen molar-refractivity contribution in [1.29, 1.82) is 0 Å². The average molecular weight is 431 g/mol. The Balaban J connectivity index is 1.61. The van der Waals surface area contributed by atoms with Crippen LogP contribution in [0.2, 0.25) is 5.02 Å². The molecule has 0 saturated heterocycles. The summed E-state index contributed by atoms with van der Waals surface area (Å²) in [5.41, 5.74) is 4.53. The fraction of sp³-hybridized carbons (Fsp3) is 0. The Morgan fingerprint density at radius 2 is 1.48 bits per heavy atom. The second-order valence-corrected chi connectivity index (χ2v) is 7.97. The first-order valence-corrected chi connectivity index (χ1v) is 10.1. The first-order chi connectivity index (χ1) is 13.8. The lowest BCUT2D eigenvalue weighted by atomic mass is 10.2. The van der Waals surface area contributed by atoms with Gasteiger partial charge < -0.3 is 0 Å². The van der Waals surface area contributed by atoms with Gasteiger partial charge in [-0.15, -0.1) is 0 Å². The summed E-state index contributed by atoms with van der Waals surface area (Å²) in [7, 11) is -3.71. The van der Waals surface area contributed by atoms with Gasteiger partial charge in [-0.3, -0.25) is 20.3 Å². The van der Waals surface area contributed by atoms with Crippen LogP contribution in [0, 0.1) is 10.1 Å². The van der Waals surface area contributed by atoms with Crippen LogP contribution >= 0.6 is 11.6 Å². The van der Waals surface area contributed by atoms with E-state index >= 15 is 0 Å². The van der Waals surface area contributed by atoms with E-state index in [0.29, 0.717) is 22.0 Å². The smallest absolute Gasteiger partial charge is 0.269 e. The normalized spacial score (nSPS) is 11.3. The molecule has 148 valence electrons. The number of nitro benzene ring substituents is 1. The molecule has 0 heterocycles. The van der Waals surface area contributed by atoms with Gasteiger partial charge in [0, 0.05) is 22.8 Å². The lowest BCUT2D eigenvalue weighted by Crippen LogP contribution is -2.12. The highest BCUT2D eigenvalue weighted by atomic mass is 35.5. The summed E-state index contributed by atoms with van der Waals surface area (Å²) in [6.45, 7) is 0. The van der Waals surface area contributed by atoms with Crippen molar-refractivity contribution in [3.8, 4) is 0 Å². The molecule has 8 nitrogen and oxygen atoms in total. The number of sulfonamides is 1. The minimum Gasteiger partial charge on any atom is -0.280 e. The third kappa shape index (κ3) is 5.53. The van der Waals surface area contributed by atoms with E-state index < -0.39 is 14.9 Å². The number of rotatable bonds is 7. The largest absolute Gasteiger partial charge is 0.280 e. The summed E-state index contributed by atoms with van der Waals surface area (Å²) in [6, 6.07) is 18.3. The maximum Gasteiger partial charge on any atom is 0.269 e. The second kappa shape index (κ2) is 8.72. The molecule has 2 N–H and O–H groups in total. The highest BCUT2D eigenvalue weighted by Gasteiger charge is 2.13. The summed E-state index contributed by atoms with van der Waals surface area (Å²) < 4.78 is 27.2. The Hall–Kier alpha value is -3.43. The maximum atomic E-state index is 12.4. The molecule has 0 spiro atoms. The van der Waals surface area contributed by atoms with Crippen LogP contribution < -0.4 is 10.1 Å². The molecule has 0 bridgehead atoms. The lowest BCUT2D eigenvalue weighted by Gasteiger charge is -2.09. The molecule has 3 aromatic carbocycles. The average Bonchev–Trinajstić information content (AvgIpc) is 2.70. The molecule has 3 rings (SSSR count). The SMILES string of the molecule is O=[N+]([O-])c1ccc(/C=N/Nc2ccc(NS(=O)(=O)c3ccc(Cl)cc3)cc2)cc1. The van der Waals surface area contributed by atoms with Crippen LogP contribution in [0.5, 0.6) is 0 Å². The van der Waals surface area contributed by atoms with Crippen molar-refractivity contribution in [2.24, 2.45) is 5.10 Å². The number of non-ortho nitro benzene ring substituents is 1. The summed E-state index contributed by atoms with van der Waals surface area (Å²) in [4.78, 5) is 10.3. The van der Waals surface area contributed by atoms with E-state index in [4.69, 9.17) is 11.6 Å². The first kappa shape index (κ1) is 20.3. The van der Waals surface area contributed by atoms with Crippen molar-refractivity contribution in [1.82, 2.24) is 0 Å². The molecular formula is C19H15ClN4O4S. The predicted octanol–water partition coefficient (Wildman–Crippen LogP) is 4.50. The van der Waals surface area contributed by atoms with E-state index in [1.165, 1.54) is 42.6 Å². The maximum absolute atomic E-state index is 12.4. The fourth-order valence-electron chi connectivity index (χ4n) is 2.30. The van der Waals surface area contributed by atoms with Gasteiger partial charge in [0.2, 0.25) is 0 Å². The lowest BCUT2D eigenvalue weighted by molar-refractivity contribution is -0.384. The number of nitrogens with one attached hydrogen (secondary N) is 2. The highest BCUT2D eigenvalue weighted by Crippen LogP contribution is 2.20. The number of anilines is 2. The van der Waals surface area contributed by atoms with Crippen molar-refractivity contribution in [3.05, 3.63) is 93.5 Å². The summed E-state index contributed by atoms with van der Waals surface area (Å²) >= 11 is 5.78. The quantitative estimate of drug-likeness (QED) is 0.325. The number of benzene rings is 3. The first-order valence-electron chi connectivity index (χ1n) is 8.25. The molecule has 0 aliphatic carbocycles. The van der Waals surface area contributed by atoms with Gasteiger partial charge in [-0.05, 0) is 66.2 Å². The minimum atomic E-state index is -3.71. The standard InChI is InChI=1S/C19H15ClN4O4S/c20-15-3-11-19(12-4-15)29(27,28)23-17-7-5-16(6-8-17)22-21-13-14-1-9-18(10-2-14)24(25)26/h1-13,22-23H/b21-13+. The molecular weight excluding hydrogens is 416 g/mol. The van der Waals surface area contributed by atoms with Crippen molar-refractivity contribution >= 4 is 44.9 Å². The Morgan fingerprint density at radius 3 is 2.07 bits per heavy atom. The van der Waals surface area contributed by atoms with Gasteiger partial charge in [-0.25, -0.2) is 8.42 Å². The van der Waals surface area contributed by atoms with Crippen LogP contribution in [0.25, 0.3) is 0 Å². The molecule has 3 aromatic rings. The van der Waals surface area contributed by atoms with Crippen molar-refractivity contribution in [3.63, 3.8) is 0 Å². The van der Waals surface area contributed by atoms with Crippen LogP contribution in [-0.4, -0.2) is 19.6 Å². The zero-order valence-corrected chi connectivity index (χ0v) is 16.4. The number of nitrogens with zero attached hydrogens (tertiary/aromatic N) is 2. The molecule has 10 heteroatoms. The third-order valence-corrected chi connectivity index (χ3v) is 5.42. The zero-order chi connectivity index (χ0) is 20.9. The van der Waals surface area contributed by atoms with E-state index in [2.05, 4.69) is 15.2 Å². The monoisotopic (exact) mass is 430 g/mol. The van der Waals surface area contributed by atoms with Gasteiger partial charge in [-0.2, -0.15) is 5.10 Å². The molecule has 0 aromatic heterocycles. The number of hydrazone groups is 1. The van der Waals surface area contributed by atoms with E-state index in [-0.39, 0.29) is 10.6 Å². The molecule has 0 aliphatic heterocycles. The molecule has 0 aliphatic rings. The van der Waals surface area contributed by atoms with E-state index in [1.54, 1.807) is 36.4 Å². The summed E-state index contributed by atoms with van der Waals surface area (Å²) in [5.74, 6) is 0. The van der Waals surface area contributed by atoms with Crippen LogP contribution in [-0.2, 0) is 10.0 Å². The van der Waals surface area contributed by atoms with E-state index in [0.717, 1.165) is 0 Å². The highest BCUT2D eigenvalue weighted by molar-refractivity contribution is 7.92. The third-order valence-electron chi connectivity index (χ3n) is 3.77. The van der Waals surface area contributed by atoms with E-state index in [9.17, 15) is 18.5 Å². The van der Waals surface area contributed by atoms with Crippen LogP contribution in [0.4, 0.5) is 17.1 Å². The van der Waals surface area contributed by atoms with Crippen LogP contribution in [0.15, 0.2) is 82.8 Å². The number of nitro groups is 1. The molecule has 0 amide bonds. The van der Waals surface area contributed by atoms with Crippen molar-refractivity contribution in [2.45, 2.75) is 4.90 Å². The Morgan fingerprint density at radius 1 is 0.897 bits per heavy atom. The minimum absolute atomic E-state index is 0.00625.